The molecule has 0 aromatic rings. The van der Waals surface area contributed by atoms with Crippen molar-refractivity contribution >= 4 is 0 Å². The van der Waals surface area contributed by atoms with Crippen LogP contribution in [-0.4, -0.2) is 35.1 Å². The van der Waals surface area contributed by atoms with E-state index in [1.54, 1.807) is 13.8 Å². The molecule has 0 aliphatic carbocycles. The lowest BCUT2D eigenvalue weighted by atomic mass is 10.0. The summed E-state index contributed by atoms with van der Waals surface area (Å²) in [5.41, 5.74) is -0.797. The van der Waals surface area contributed by atoms with Gasteiger partial charge in [0.15, 0.2) is 0 Å². The molecule has 0 aliphatic heterocycles. The van der Waals surface area contributed by atoms with Crippen LogP contribution < -0.4 is 0 Å². The predicted molar refractivity (Wildman–Crippen MR) is 38.8 cm³/mol. The topological polar surface area (TPSA) is 49.7 Å². The van der Waals surface area contributed by atoms with Crippen LogP contribution >= 0.6 is 0 Å². The van der Waals surface area contributed by atoms with E-state index in [9.17, 15) is 0 Å². The van der Waals surface area contributed by atoms with Crippen molar-refractivity contribution in [2.45, 2.75) is 32.5 Å². The molecule has 3 nitrogen and oxygen atoms in total. The van der Waals surface area contributed by atoms with Crippen molar-refractivity contribution in [2.75, 3.05) is 13.2 Å². The minimum atomic E-state index is -0.797. The highest BCUT2D eigenvalue weighted by Gasteiger charge is 2.29. The highest BCUT2D eigenvalue weighted by atomic mass is 16.5. The van der Waals surface area contributed by atoms with Crippen LogP contribution in [0.2, 0.25) is 0 Å². The molecule has 0 saturated heterocycles. The number of aliphatic hydroxyl groups is 2. The van der Waals surface area contributed by atoms with Crippen LogP contribution in [0.5, 0.6) is 0 Å². The van der Waals surface area contributed by atoms with Crippen molar-refractivity contribution in [1.82, 2.24) is 0 Å². The zero-order chi connectivity index (χ0) is 8.20. The minimum absolute atomic E-state index is 0.154. The summed E-state index contributed by atoms with van der Waals surface area (Å²) in [5.74, 6) is 0. The molecular weight excluding hydrogens is 132 g/mol. The lowest BCUT2D eigenvalue weighted by Crippen LogP contribution is -2.43. The molecule has 0 fully saturated rings. The first-order valence-corrected chi connectivity index (χ1v) is 3.49. The van der Waals surface area contributed by atoms with Crippen LogP contribution in [0.3, 0.4) is 0 Å². The first kappa shape index (κ1) is 9.88. The maximum atomic E-state index is 9.12. The Labute approximate surface area is 61.6 Å². The van der Waals surface area contributed by atoms with Gasteiger partial charge in [-0.1, -0.05) is 0 Å². The molecule has 0 heterocycles. The maximum Gasteiger partial charge on any atom is 0.114 e. The van der Waals surface area contributed by atoms with Crippen molar-refractivity contribution in [1.29, 1.82) is 0 Å². The molecule has 0 aromatic heterocycles. The number of rotatable bonds is 4. The van der Waals surface area contributed by atoms with Gasteiger partial charge in [-0.2, -0.15) is 0 Å². The third kappa shape index (κ3) is 2.25. The number of ether oxygens (including phenoxy) is 1. The average molecular weight is 148 g/mol. The van der Waals surface area contributed by atoms with Crippen LogP contribution in [-0.2, 0) is 4.74 Å². The van der Waals surface area contributed by atoms with Crippen molar-refractivity contribution in [3.05, 3.63) is 0 Å². The Hall–Kier alpha value is -0.120. The van der Waals surface area contributed by atoms with Gasteiger partial charge in [0.25, 0.3) is 0 Å². The van der Waals surface area contributed by atoms with Crippen LogP contribution in [0.25, 0.3) is 0 Å². The average Bonchev–Trinajstić information content (AvgIpc) is 1.88. The second-order valence-corrected chi connectivity index (χ2v) is 2.58. The monoisotopic (exact) mass is 148 g/mol. The highest BCUT2D eigenvalue weighted by Crippen LogP contribution is 2.13. The van der Waals surface area contributed by atoms with Gasteiger partial charge in [0.1, 0.15) is 5.60 Å². The molecule has 0 aliphatic rings. The van der Waals surface area contributed by atoms with Gasteiger partial charge in [0, 0.05) is 6.61 Å². The molecule has 2 atom stereocenters. The molecule has 0 bridgehead atoms. The Morgan fingerprint density at radius 3 is 2.20 bits per heavy atom. The largest absolute Gasteiger partial charge is 0.393 e. The Morgan fingerprint density at radius 1 is 1.60 bits per heavy atom. The maximum absolute atomic E-state index is 9.12. The highest BCUT2D eigenvalue weighted by molar-refractivity contribution is 4.79. The van der Waals surface area contributed by atoms with Crippen molar-refractivity contribution in [3.63, 3.8) is 0 Å². The first-order valence-electron chi connectivity index (χ1n) is 3.49. The van der Waals surface area contributed by atoms with E-state index >= 15 is 0 Å². The smallest absolute Gasteiger partial charge is 0.114 e. The fraction of sp³-hybridized carbons (Fsp3) is 1.00. The number of hydrogen-bond acceptors (Lipinski definition) is 3. The summed E-state index contributed by atoms with van der Waals surface area (Å²) in [7, 11) is 0. The van der Waals surface area contributed by atoms with E-state index in [-0.39, 0.29) is 6.61 Å². The Balaban J connectivity index is 3.94. The van der Waals surface area contributed by atoms with Crippen LogP contribution in [0.15, 0.2) is 0 Å². The molecular formula is C7H16O3. The number of aliphatic hydroxyl groups excluding tert-OH is 2. The molecule has 0 amide bonds. The third-order valence-electron chi connectivity index (χ3n) is 1.67. The SMILES string of the molecule is CCOC(C)(CO)[C@H](C)O. The molecule has 0 saturated carbocycles. The molecule has 2 N–H and O–H groups in total. The molecule has 3 heteroatoms. The fourth-order valence-corrected chi connectivity index (χ4v) is 0.628. The van der Waals surface area contributed by atoms with Gasteiger partial charge in [0.05, 0.1) is 12.7 Å². The Morgan fingerprint density at radius 2 is 2.10 bits per heavy atom. The Bertz CT molecular complexity index is 92.9. The quantitative estimate of drug-likeness (QED) is 0.597. The molecule has 0 spiro atoms. The van der Waals surface area contributed by atoms with E-state index in [2.05, 4.69) is 0 Å². The lowest BCUT2D eigenvalue weighted by molar-refractivity contribution is -0.126. The van der Waals surface area contributed by atoms with Gasteiger partial charge in [-0.25, -0.2) is 0 Å². The summed E-state index contributed by atoms with van der Waals surface area (Å²) in [4.78, 5) is 0. The molecule has 62 valence electrons. The standard InChI is InChI=1S/C7H16O3/c1-4-10-7(3,5-8)6(2)9/h6,8-9H,4-5H2,1-3H3/t6-,7?/m0/s1. The van der Waals surface area contributed by atoms with E-state index in [1.807, 2.05) is 6.92 Å². The molecule has 10 heavy (non-hydrogen) atoms. The summed E-state index contributed by atoms with van der Waals surface area (Å²) in [6.45, 7) is 5.46. The predicted octanol–water partition coefficient (Wildman–Crippen LogP) is 0.155. The Kier molecular flexibility index (Phi) is 3.86. The van der Waals surface area contributed by atoms with Gasteiger partial charge in [-0.3, -0.25) is 0 Å². The van der Waals surface area contributed by atoms with E-state index < -0.39 is 11.7 Å². The van der Waals surface area contributed by atoms with Crippen molar-refractivity contribution in [2.24, 2.45) is 0 Å². The van der Waals surface area contributed by atoms with Gasteiger partial charge >= 0.3 is 0 Å². The second-order valence-electron chi connectivity index (χ2n) is 2.58. The van der Waals surface area contributed by atoms with E-state index in [4.69, 9.17) is 14.9 Å². The summed E-state index contributed by atoms with van der Waals surface area (Å²) in [6, 6.07) is 0. The molecule has 0 aromatic carbocycles. The summed E-state index contributed by atoms with van der Waals surface area (Å²) < 4.78 is 5.14. The normalized spacial score (nSPS) is 20.1. The lowest BCUT2D eigenvalue weighted by Gasteiger charge is -2.29. The van der Waals surface area contributed by atoms with E-state index in [0.717, 1.165) is 0 Å². The second kappa shape index (κ2) is 3.91. The van der Waals surface area contributed by atoms with Gasteiger partial charge in [0.2, 0.25) is 0 Å². The van der Waals surface area contributed by atoms with Gasteiger partial charge in [-0.05, 0) is 20.8 Å². The molecule has 1 unspecified atom stereocenters. The summed E-state index contributed by atoms with van der Waals surface area (Å²) >= 11 is 0. The van der Waals surface area contributed by atoms with Crippen LogP contribution in [0.4, 0.5) is 0 Å². The van der Waals surface area contributed by atoms with Crippen LogP contribution in [0.1, 0.15) is 20.8 Å². The molecule has 0 radical (unpaired) electrons. The third-order valence-corrected chi connectivity index (χ3v) is 1.67. The van der Waals surface area contributed by atoms with Crippen molar-refractivity contribution < 1.29 is 14.9 Å². The zero-order valence-electron chi connectivity index (χ0n) is 6.79. The van der Waals surface area contributed by atoms with E-state index in [0.29, 0.717) is 6.61 Å². The van der Waals surface area contributed by atoms with E-state index in [1.165, 1.54) is 0 Å². The van der Waals surface area contributed by atoms with Crippen molar-refractivity contribution in [3.8, 4) is 0 Å². The minimum Gasteiger partial charge on any atom is -0.393 e. The zero-order valence-corrected chi connectivity index (χ0v) is 6.79. The van der Waals surface area contributed by atoms with Gasteiger partial charge < -0.3 is 14.9 Å². The first-order chi connectivity index (χ1) is 4.56. The molecule has 0 rings (SSSR count). The number of hydrogen-bond donors (Lipinski definition) is 2. The fourth-order valence-electron chi connectivity index (χ4n) is 0.628. The van der Waals surface area contributed by atoms with Crippen LogP contribution in [0, 0.1) is 0 Å². The van der Waals surface area contributed by atoms with Gasteiger partial charge in [-0.15, -0.1) is 0 Å². The summed E-state index contributed by atoms with van der Waals surface area (Å²) in [5, 5.41) is 17.9. The summed E-state index contributed by atoms with van der Waals surface area (Å²) in [6.07, 6.45) is -0.641.